The molecule has 0 atom stereocenters. The Morgan fingerprint density at radius 3 is 1.59 bits per heavy atom. The Hall–Kier alpha value is -3.15. The molecule has 0 unspecified atom stereocenters. The van der Waals surface area contributed by atoms with Gasteiger partial charge in [0.1, 0.15) is 17.2 Å². The van der Waals surface area contributed by atoms with E-state index in [9.17, 15) is 0 Å². The van der Waals surface area contributed by atoms with Crippen LogP contribution >= 0.6 is 0 Å². The summed E-state index contributed by atoms with van der Waals surface area (Å²) in [5, 5.41) is 8.50. The topological polar surface area (TPSA) is 61.5 Å². The van der Waals surface area contributed by atoms with Crippen molar-refractivity contribution in [3.05, 3.63) is 60.4 Å². The lowest BCUT2D eigenvalue weighted by Gasteiger charge is -2.07. The SMILES string of the molecule is CCCCCCCCCCOc1ccc(N=Cc2cn(-c3ccc(OCCCCCCCCCC)cc3)nn2)cc1. The van der Waals surface area contributed by atoms with Crippen molar-refractivity contribution in [1.82, 2.24) is 15.0 Å². The monoisotopic (exact) mass is 560 g/mol. The summed E-state index contributed by atoms with van der Waals surface area (Å²) in [4.78, 5) is 4.55. The molecule has 224 valence electrons. The van der Waals surface area contributed by atoms with E-state index in [0.717, 1.165) is 48.9 Å². The highest BCUT2D eigenvalue weighted by atomic mass is 16.5. The van der Waals surface area contributed by atoms with Crippen molar-refractivity contribution in [2.24, 2.45) is 4.99 Å². The standard InChI is InChI=1S/C35H52N4O2/c1-3-5-7-9-11-13-15-17-27-40-34-23-19-31(20-24-34)36-29-32-30-39(38-37-32)33-21-25-35(26-22-33)41-28-18-16-14-12-10-8-6-4-2/h19-26,29-30H,3-18,27-28H2,1-2H3. The van der Waals surface area contributed by atoms with Gasteiger partial charge in [0, 0.05) is 0 Å². The zero-order valence-corrected chi connectivity index (χ0v) is 25.6. The lowest BCUT2D eigenvalue weighted by atomic mass is 10.1. The molecule has 2 aromatic carbocycles. The minimum absolute atomic E-state index is 0.704. The van der Waals surface area contributed by atoms with E-state index >= 15 is 0 Å². The van der Waals surface area contributed by atoms with Gasteiger partial charge in [0.05, 0.1) is 37.0 Å². The summed E-state index contributed by atoms with van der Waals surface area (Å²) >= 11 is 0. The highest BCUT2D eigenvalue weighted by molar-refractivity contribution is 5.79. The molecule has 1 heterocycles. The van der Waals surface area contributed by atoms with E-state index in [1.165, 1.54) is 89.9 Å². The van der Waals surface area contributed by atoms with Crippen LogP contribution in [0.1, 0.15) is 122 Å². The Labute approximate surface area is 248 Å². The highest BCUT2D eigenvalue weighted by Gasteiger charge is 2.03. The van der Waals surface area contributed by atoms with Gasteiger partial charge in [-0.2, -0.15) is 0 Å². The van der Waals surface area contributed by atoms with Gasteiger partial charge in [0.25, 0.3) is 0 Å². The fourth-order valence-corrected chi connectivity index (χ4v) is 4.78. The van der Waals surface area contributed by atoms with Crippen molar-refractivity contribution in [3.8, 4) is 17.2 Å². The van der Waals surface area contributed by atoms with E-state index in [-0.39, 0.29) is 0 Å². The van der Waals surface area contributed by atoms with Crippen LogP contribution in [0.15, 0.2) is 59.7 Å². The molecule has 3 aromatic rings. The van der Waals surface area contributed by atoms with Crippen LogP contribution in [-0.2, 0) is 0 Å². The number of rotatable bonds is 23. The molecule has 0 saturated heterocycles. The number of unbranched alkanes of at least 4 members (excludes halogenated alkanes) is 14. The molecule has 0 radical (unpaired) electrons. The van der Waals surface area contributed by atoms with E-state index in [1.54, 1.807) is 10.9 Å². The van der Waals surface area contributed by atoms with Gasteiger partial charge in [-0.15, -0.1) is 5.10 Å². The van der Waals surface area contributed by atoms with Gasteiger partial charge in [0.15, 0.2) is 0 Å². The average molecular weight is 561 g/mol. The van der Waals surface area contributed by atoms with Crippen molar-refractivity contribution in [2.45, 2.75) is 117 Å². The number of hydrogen-bond acceptors (Lipinski definition) is 5. The van der Waals surface area contributed by atoms with Crippen LogP contribution in [0.25, 0.3) is 5.69 Å². The van der Waals surface area contributed by atoms with Gasteiger partial charge in [0.2, 0.25) is 0 Å². The fourth-order valence-electron chi connectivity index (χ4n) is 4.78. The van der Waals surface area contributed by atoms with Crippen LogP contribution in [-0.4, -0.2) is 34.4 Å². The molecule has 1 aromatic heterocycles. The molecule has 0 bridgehead atoms. The third kappa shape index (κ3) is 13.8. The zero-order chi connectivity index (χ0) is 28.8. The van der Waals surface area contributed by atoms with Gasteiger partial charge in [-0.1, -0.05) is 109 Å². The first kappa shape index (κ1) is 32.4. The minimum atomic E-state index is 0.704. The normalized spacial score (nSPS) is 11.4. The largest absolute Gasteiger partial charge is 0.494 e. The molecule has 0 N–H and O–H groups in total. The lowest BCUT2D eigenvalue weighted by Crippen LogP contribution is -1.98. The summed E-state index contributed by atoms with van der Waals surface area (Å²) in [5.74, 6) is 1.78. The third-order valence-electron chi connectivity index (χ3n) is 7.33. The molecule has 0 fully saturated rings. The Bertz CT molecular complexity index is 1080. The Kier molecular flexibility index (Phi) is 16.3. The van der Waals surface area contributed by atoms with E-state index in [1.807, 2.05) is 54.7 Å². The summed E-state index contributed by atoms with van der Waals surface area (Å²) < 4.78 is 13.6. The van der Waals surface area contributed by atoms with Crippen molar-refractivity contribution in [3.63, 3.8) is 0 Å². The quantitative estimate of drug-likeness (QED) is 0.0855. The average Bonchev–Trinajstić information content (AvgIpc) is 3.48. The van der Waals surface area contributed by atoms with Crippen LogP contribution in [0.5, 0.6) is 11.5 Å². The number of aliphatic imine (C=N–C) groups is 1. The number of nitrogens with zero attached hydrogens (tertiary/aromatic N) is 4. The smallest absolute Gasteiger partial charge is 0.124 e. The molecule has 0 amide bonds. The molecule has 0 aliphatic carbocycles. The number of aromatic nitrogens is 3. The molecule has 0 aliphatic rings. The van der Waals surface area contributed by atoms with Crippen LogP contribution in [0.3, 0.4) is 0 Å². The Morgan fingerprint density at radius 1 is 0.610 bits per heavy atom. The first-order chi connectivity index (χ1) is 20.3. The van der Waals surface area contributed by atoms with Crippen molar-refractivity contribution < 1.29 is 9.47 Å². The van der Waals surface area contributed by atoms with Crippen molar-refractivity contribution in [1.29, 1.82) is 0 Å². The second-order valence-corrected chi connectivity index (χ2v) is 11.0. The molecule has 6 nitrogen and oxygen atoms in total. The molecule has 6 heteroatoms. The van der Waals surface area contributed by atoms with Gasteiger partial charge >= 0.3 is 0 Å². The maximum atomic E-state index is 5.92. The van der Waals surface area contributed by atoms with Crippen molar-refractivity contribution in [2.75, 3.05) is 13.2 Å². The van der Waals surface area contributed by atoms with Crippen molar-refractivity contribution >= 4 is 11.9 Å². The van der Waals surface area contributed by atoms with Crippen LogP contribution in [0.4, 0.5) is 5.69 Å². The van der Waals surface area contributed by atoms with Gasteiger partial charge in [-0.3, -0.25) is 4.99 Å². The predicted octanol–water partition coefficient (Wildman–Crippen LogP) is 10.1. The summed E-state index contributed by atoms with van der Waals surface area (Å²) in [6, 6.07) is 15.9. The zero-order valence-electron chi connectivity index (χ0n) is 25.6. The highest BCUT2D eigenvalue weighted by Crippen LogP contribution is 2.19. The number of ether oxygens (including phenoxy) is 2. The molecule has 0 spiro atoms. The molecular formula is C35H52N4O2. The molecule has 41 heavy (non-hydrogen) atoms. The summed E-state index contributed by atoms with van der Waals surface area (Å²) in [7, 11) is 0. The van der Waals surface area contributed by atoms with Gasteiger partial charge < -0.3 is 9.47 Å². The first-order valence-electron chi connectivity index (χ1n) is 16.2. The maximum Gasteiger partial charge on any atom is 0.124 e. The van der Waals surface area contributed by atoms with Gasteiger partial charge in [-0.25, -0.2) is 4.68 Å². The number of hydrogen-bond donors (Lipinski definition) is 0. The second kappa shape index (κ2) is 20.7. The van der Waals surface area contributed by atoms with Crippen LogP contribution in [0.2, 0.25) is 0 Å². The van der Waals surface area contributed by atoms with Crippen LogP contribution in [0, 0.1) is 0 Å². The number of benzene rings is 2. The minimum Gasteiger partial charge on any atom is -0.494 e. The second-order valence-electron chi connectivity index (χ2n) is 11.0. The summed E-state index contributed by atoms with van der Waals surface area (Å²) in [6.45, 7) is 6.06. The molecule has 3 rings (SSSR count). The maximum absolute atomic E-state index is 5.92. The van der Waals surface area contributed by atoms with Crippen LogP contribution < -0.4 is 9.47 Å². The molecule has 0 saturated carbocycles. The fraction of sp³-hybridized carbons (Fsp3) is 0.571. The summed E-state index contributed by atoms with van der Waals surface area (Å²) in [6.07, 6.45) is 24.5. The molecule has 0 aliphatic heterocycles. The third-order valence-corrected chi connectivity index (χ3v) is 7.33. The Balaban J connectivity index is 1.32. The van der Waals surface area contributed by atoms with E-state index in [4.69, 9.17) is 9.47 Å². The lowest BCUT2D eigenvalue weighted by molar-refractivity contribution is 0.304. The first-order valence-corrected chi connectivity index (χ1v) is 16.2. The van der Waals surface area contributed by atoms with Gasteiger partial charge in [-0.05, 0) is 61.4 Å². The molecular weight excluding hydrogens is 508 g/mol. The van der Waals surface area contributed by atoms with E-state index < -0.39 is 0 Å². The Morgan fingerprint density at radius 2 is 1.07 bits per heavy atom. The van der Waals surface area contributed by atoms with E-state index in [2.05, 4.69) is 29.2 Å². The van der Waals surface area contributed by atoms with E-state index in [0.29, 0.717) is 5.69 Å². The summed E-state index contributed by atoms with van der Waals surface area (Å²) in [5.41, 5.74) is 2.50. The predicted molar refractivity (Wildman–Crippen MR) is 171 cm³/mol.